The van der Waals surface area contributed by atoms with Crippen molar-refractivity contribution in [2.45, 2.75) is 13.8 Å². The summed E-state index contributed by atoms with van der Waals surface area (Å²) in [6.07, 6.45) is 0. The van der Waals surface area contributed by atoms with Crippen LogP contribution in [0.15, 0.2) is 0 Å². The number of aliphatic carboxylic acids is 2. The van der Waals surface area contributed by atoms with Gasteiger partial charge in [0.1, 0.15) is 0 Å². The van der Waals surface area contributed by atoms with Crippen LogP contribution in [0, 0.1) is 0 Å². The zero-order valence-corrected chi connectivity index (χ0v) is 14.9. The molecule has 0 aromatic rings. The third-order valence-corrected chi connectivity index (χ3v) is 0.167. The van der Waals surface area contributed by atoms with Gasteiger partial charge in [-0.15, -0.1) is 0 Å². The van der Waals surface area contributed by atoms with Crippen LogP contribution in [0.3, 0.4) is 0 Å². The first-order valence-corrected chi connectivity index (χ1v) is 16.3. The zero-order chi connectivity index (χ0) is 13.3. The Balaban J connectivity index is -0.0000000542. The standard InChI is InChI=1S/C2H8N2.2C2H4O2.2HI.Pt/c3-1-2-4;2*1-2(3)4;;;/h1-4H2;2*1H3,(H,3,4);2*1H;/q;;;;;+2/p-2. The number of carboxylic acids is 2. The van der Waals surface area contributed by atoms with Crippen LogP contribution in [0.25, 0.3) is 0 Å². The Kier molecular flexibility index (Phi) is 49.0. The first-order valence-electron chi connectivity index (χ1n) is 3.41. The predicted octanol–water partition coefficient (Wildman–Crippen LogP) is 0.855. The molecule has 0 aliphatic rings. The molecule has 0 aromatic carbocycles. The Bertz CT molecular complexity index is 118. The fraction of sp³-hybridized carbons (Fsp3) is 0.667. The van der Waals surface area contributed by atoms with Crippen molar-refractivity contribution in [1.82, 2.24) is 0 Å². The summed E-state index contributed by atoms with van der Waals surface area (Å²) in [7, 11) is 0. The van der Waals surface area contributed by atoms with E-state index in [1.165, 1.54) is 0 Å². The van der Waals surface area contributed by atoms with Crippen LogP contribution in [0.5, 0.6) is 0 Å². The summed E-state index contributed by atoms with van der Waals surface area (Å²) in [4.78, 5) is 18.0. The minimum atomic E-state index is -0.833. The fourth-order valence-electron chi connectivity index (χ4n) is 0. The van der Waals surface area contributed by atoms with E-state index in [-0.39, 0.29) is 0 Å². The van der Waals surface area contributed by atoms with Crippen LogP contribution >= 0.6 is 38.7 Å². The molecule has 15 heavy (non-hydrogen) atoms. The topological polar surface area (TPSA) is 127 Å². The van der Waals surface area contributed by atoms with Crippen molar-refractivity contribution in [2.75, 3.05) is 13.1 Å². The predicted molar refractivity (Wildman–Crippen MR) is 72.8 cm³/mol. The molecule has 0 atom stereocenters. The molecule has 0 fully saturated rings. The van der Waals surface area contributed by atoms with E-state index in [9.17, 15) is 0 Å². The van der Waals surface area contributed by atoms with Gasteiger partial charge in [-0.3, -0.25) is 9.59 Å². The number of hydrogen-bond acceptors (Lipinski definition) is 4. The molecule has 6 N–H and O–H groups in total. The monoisotopic (exact) mass is 629 g/mol. The fourth-order valence-corrected chi connectivity index (χ4v) is 0. The summed E-state index contributed by atoms with van der Waals surface area (Å²) in [5.74, 6) is -1.67. The van der Waals surface area contributed by atoms with Gasteiger partial charge in [0.05, 0.1) is 0 Å². The molecule has 0 aliphatic carbocycles. The van der Waals surface area contributed by atoms with Gasteiger partial charge < -0.3 is 21.7 Å². The Morgan fingerprint density at radius 3 is 1.13 bits per heavy atom. The van der Waals surface area contributed by atoms with E-state index in [4.69, 9.17) is 31.3 Å². The Hall–Kier alpha value is 1.01. The van der Waals surface area contributed by atoms with Crippen LogP contribution in [0.1, 0.15) is 13.8 Å². The summed E-state index contributed by atoms with van der Waals surface area (Å²) >= 11 is 5.30. The van der Waals surface area contributed by atoms with Crippen LogP contribution in [0.2, 0.25) is 0 Å². The summed E-state index contributed by atoms with van der Waals surface area (Å²) in [5.41, 5.74) is 9.81. The normalized spacial score (nSPS) is 6.80. The van der Waals surface area contributed by atoms with E-state index in [2.05, 4.69) is 38.7 Å². The zero-order valence-electron chi connectivity index (χ0n) is 8.35. The molecule has 0 unspecified atom stereocenters. The van der Waals surface area contributed by atoms with Crippen molar-refractivity contribution >= 4 is 50.6 Å². The molecule has 0 bridgehead atoms. The van der Waals surface area contributed by atoms with Gasteiger partial charge in [-0.1, -0.05) is 0 Å². The van der Waals surface area contributed by atoms with Crippen LogP contribution < -0.4 is 11.5 Å². The molecule has 0 heterocycles. The molecule has 9 heteroatoms. The van der Waals surface area contributed by atoms with E-state index in [1.54, 1.807) is 0 Å². The number of carbonyl (C=O) groups is 2. The summed E-state index contributed by atoms with van der Waals surface area (Å²) in [6, 6.07) is 0. The number of halogens is 2. The van der Waals surface area contributed by atoms with Gasteiger partial charge in [-0.2, -0.15) is 0 Å². The van der Waals surface area contributed by atoms with Crippen LogP contribution in [-0.4, -0.2) is 35.2 Å². The summed E-state index contributed by atoms with van der Waals surface area (Å²) in [5, 5.41) is 14.8. The van der Waals surface area contributed by atoms with Gasteiger partial charge in [-0.25, -0.2) is 0 Å². The van der Waals surface area contributed by atoms with E-state index >= 15 is 0 Å². The van der Waals surface area contributed by atoms with E-state index in [1.807, 2.05) is 0 Å². The third-order valence-electron chi connectivity index (χ3n) is 0.167. The molecule has 0 amide bonds. The maximum absolute atomic E-state index is 9.00. The molecule has 0 saturated carbocycles. The van der Waals surface area contributed by atoms with E-state index < -0.39 is 11.9 Å². The average Bonchev–Trinajstić information content (AvgIpc) is 2.03. The molecule has 0 saturated heterocycles. The first kappa shape index (κ1) is 25.0. The van der Waals surface area contributed by atoms with E-state index in [0.717, 1.165) is 13.8 Å². The molecular formula is C6H16I2N2O4Pt. The van der Waals surface area contributed by atoms with Crippen molar-refractivity contribution in [3.05, 3.63) is 0 Å². The molecule has 0 radical (unpaired) electrons. The molecule has 0 aromatic heterocycles. The second-order valence-electron chi connectivity index (χ2n) is 1.66. The Labute approximate surface area is 119 Å². The number of rotatable bonds is 1. The van der Waals surface area contributed by atoms with Crippen LogP contribution in [0.4, 0.5) is 0 Å². The van der Waals surface area contributed by atoms with Gasteiger partial charge in [0.15, 0.2) is 0 Å². The summed E-state index contributed by atoms with van der Waals surface area (Å²) in [6.45, 7) is 3.36. The van der Waals surface area contributed by atoms with Gasteiger partial charge in [0.2, 0.25) is 0 Å². The SMILES string of the molecule is CC(=O)O.CC(=O)O.NCCN.[I][Pt][I]. The summed E-state index contributed by atoms with van der Waals surface area (Å²) < 4.78 is 0. The van der Waals surface area contributed by atoms with Crippen LogP contribution in [-0.2, 0) is 20.8 Å². The van der Waals surface area contributed by atoms with Crippen molar-refractivity contribution in [3.8, 4) is 0 Å². The van der Waals surface area contributed by atoms with Gasteiger partial charge in [0, 0.05) is 26.9 Å². The van der Waals surface area contributed by atoms with Crippen molar-refractivity contribution in [1.29, 1.82) is 0 Å². The van der Waals surface area contributed by atoms with Crippen molar-refractivity contribution in [3.63, 3.8) is 0 Å². The van der Waals surface area contributed by atoms with Gasteiger partial charge in [-0.05, 0) is 0 Å². The molecule has 6 nitrogen and oxygen atoms in total. The Morgan fingerprint density at radius 1 is 1.07 bits per heavy atom. The molecular weight excluding hydrogens is 613 g/mol. The van der Waals surface area contributed by atoms with Crippen molar-refractivity contribution in [2.24, 2.45) is 11.5 Å². The maximum atomic E-state index is 9.00. The number of hydrogen-bond donors (Lipinski definition) is 4. The molecule has 0 spiro atoms. The van der Waals surface area contributed by atoms with Gasteiger partial charge >= 0.3 is 49.9 Å². The molecule has 98 valence electrons. The number of nitrogens with two attached hydrogens (primary N) is 2. The quantitative estimate of drug-likeness (QED) is 0.319. The molecule has 0 rings (SSSR count). The average molecular weight is 629 g/mol. The van der Waals surface area contributed by atoms with Crippen molar-refractivity contribution < 1.29 is 31.0 Å². The number of carboxylic acid groups (broad SMARTS) is 2. The second-order valence-corrected chi connectivity index (χ2v) is 18.3. The Morgan fingerprint density at radius 2 is 1.13 bits per heavy atom. The minimum absolute atomic E-state index is 0.523. The molecule has 0 aliphatic heterocycles. The second kappa shape index (κ2) is 29.4. The third kappa shape index (κ3) is 630. The van der Waals surface area contributed by atoms with E-state index in [0.29, 0.717) is 24.3 Å². The van der Waals surface area contributed by atoms with Gasteiger partial charge in [0.25, 0.3) is 11.9 Å². The first-order chi connectivity index (χ1) is 6.79.